The van der Waals surface area contributed by atoms with Crippen LogP contribution in [0.15, 0.2) is 48.5 Å². The van der Waals surface area contributed by atoms with Crippen LogP contribution < -0.4 is 10.2 Å². The summed E-state index contributed by atoms with van der Waals surface area (Å²) in [5.74, 6) is 0.000407. The van der Waals surface area contributed by atoms with Gasteiger partial charge in [-0.1, -0.05) is 48.6 Å². The van der Waals surface area contributed by atoms with E-state index in [0.717, 1.165) is 55.4 Å². The minimum absolute atomic E-state index is 0.000407. The number of thiazole rings is 1. The highest BCUT2D eigenvalue weighted by molar-refractivity contribution is 7.22. The van der Waals surface area contributed by atoms with E-state index in [1.54, 1.807) is 11.3 Å². The van der Waals surface area contributed by atoms with Gasteiger partial charge in [-0.25, -0.2) is 4.98 Å². The SMILES string of the molecule is CCc1cccc2sc(N3CCN(CCNC(=O)c4ccccc4)CC3)nc12. The Balaban J connectivity index is 1.27. The fraction of sp³-hybridized carbons (Fsp3) is 0.364. The summed E-state index contributed by atoms with van der Waals surface area (Å²) in [5.41, 5.74) is 3.21. The van der Waals surface area contributed by atoms with E-state index < -0.39 is 0 Å². The zero-order chi connectivity index (χ0) is 19.3. The number of hydrogen-bond acceptors (Lipinski definition) is 5. The summed E-state index contributed by atoms with van der Waals surface area (Å²) < 4.78 is 1.28. The van der Waals surface area contributed by atoms with Gasteiger partial charge >= 0.3 is 0 Å². The number of amides is 1. The van der Waals surface area contributed by atoms with Crippen LogP contribution in [0.2, 0.25) is 0 Å². The predicted molar refractivity (Wildman–Crippen MR) is 116 cm³/mol. The molecule has 0 bridgehead atoms. The van der Waals surface area contributed by atoms with Gasteiger partial charge in [0.05, 0.1) is 10.2 Å². The summed E-state index contributed by atoms with van der Waals surface area (Å²) in [6, 6.07) is 15.9. The molecule has 3 aromatic rings. The molecule has 6 heteroatoms. The summed E-state index contributed by atoms with van der Waals surface area (Å²) in [4.78, 5) is 21.8. The zero-order valence-corrected chi connectivity index (χ0v) is 17.0. The normalized spacial score (nSPS) is 15.1. The standard InChI is InChI=1S/C22H26N4OS/c1-2-17-9-6-10-19-20(17)24-22(28-19)26-15-13-25(14-16-26)12-11-23-21(27)18-7-4-3-5-8-18/h3-10H,2,11-16H2,1H3,(H,23,27). The van der Waals surface area contributed by atoms with Crippen molar-refractivity contribution < 1.29 is 4.79 Å². The molecule has 1 N–H and O–H groups in total. The third-order valence-corrected chi connectivity index (χ3v) is 6.35. The van der Waals surface area contributed by atoms with Crippen LogP contribution in [0.4, 0.5) is 5.13 Å². The van der Waals surface area contributed by atoms with Crippen molar-refractivity contribution in [3.8, 4) is 0 Å². The van der Waals surface area contributed by atoms with Crippen molar-refractivity contribution in [3.63, 3.8) is 0 Å². The third kappa shape index (κ3) is 4.18. The molecule has 28 heavy (non-hydrogen) atoms. The lowest BCUT2D eigenvalue weighted by molar-refractivity contribution is 0.0948. The fourth-order valence-corrected chi connectivity index (χ4v) is 4.66. The summed E-state index contributed by atoms with van der Waals surface area (Å²) >= 11 is 1.79. The van der Waals surface area contributed by atoms with E-state index in [2.05, 4.69) is 40.2 Å². The van der Waals surface area contributed by atoms with Gasteiger partial charge in [-0.05, 0) is 30.2 Å². The van der Waals surface area contributed by atoms with Crippen LogP contribution in [-0.4, -0.2) is 55.1 Å². The molecule has 146 valence electrons. The highest BCUT2D eigenvalue weighted by Crippen LogP contribution is 2.31. The minimum Gasteiger partial charge on any atom is -0.351 e. The first-order valence-electron chi connectivity index (χ1n) is 9.93. The van der Waals surface area contributed by atoms with E-state index in [1.165, 1.54) is 10.3 Å². The average Bonchev–Trinajstić information content (AvgIpc) is 3.19. The molecule has 2 aromatic carbocycles. The molecule has 1 aliphatic heterocycles. The molecule has 0 saturated carbocycles. The Bertz CT molecular complexity index is 932. The largest absolute Gasteiger partial charge is 0.351 e. The number of piperazine rings is 1. The van der Waals surface area contributed by atoms with Gasteiger partial charge in [-0.2, -0.15) is 0 Å². The molecule has 0 unspecified atom stereocenters. The predicted octanol–water partition coefficient (Wildman–Crippen LogP) is 3.41. The van der Waals surface area contributed by atoms with Gasteiger partial charge < -0.3 is 10.2 Å². The maximum Gasteiger partial charge on any atom is 0.251 e. The number of carbonyl (C=O) groups is 1. The lowest BCUT2D eigenvalue weighted by Crippen LogP contribution is -2.48. The number of para-hydroxylation sites is 1. The van der Waals surface area contributed by atoms with E-state index in [0.29, 0.717) is 6.54 Å². The Hall–Kier alpha value is -2.44. The summed E-state index contributed by atoms with van der Waals surface area (Å²) in [5, 5.41) is 4.15. The third-order valence-electron chi connectivity index (χ3n) is 5.26. The highest BCUT2D eigenvalue weighted by Gasteiger charge is 2.20. The molecule has 0 aliphatic carbocycles. The molecular weight excluding hydrogens is 368 g/mol. The van der Waals surface area contributed by atoms with Crippen molar-refractivity contribution in [2.45, 2.75) is 13.3 Å². The molecule has 1 amide bonds. The molecule has 1 fully saturated rings. The van der Waals surface area contributed by atoms with Crippen molar-refractivity contribution >= 4 is 32.6 Å². The second kappa shape index (κ2) is 8.71. The molecule has 0 atom stereocenters. The van der Waals surface area contributed by atoms with Gasteiger partial charge in [0.2, 0.25) is 0 Å². The summed E-state index contributed by atoms with van der Waals surface area (Å²) in [6.45, 7) is 7.70. The maximum atomic E-state index is 12.1. The Morgan fingerprint density at radius 3 is 2.61 bits per heavy atom. The zero-order valence-electron chi connectivity index (χ0n) is 16.2. The van der Waals surface area contributed by atoms with Crippen molar-refractivity contribution in [2.24, 2.45) is 0 Å². The second-order valence-electron chi connectivity index (χ2n) is 7.06. The Morgan fingerprint density at radius 2 is 1.86 bits per heavy atom. The first-order chi connectivity index (χ1) is 13.7. The van der Waals surface area contributed by atoms with Gasteiger partial charge in [0.15, 0.2) is 5.13 Å². The van der Waals surface area contributed by atoms with Crippen molar-refractivity contribution in [1.82, 2.24) is 15.2 Å². The molecule has 0 spiro atoms. The molecule has 2 heterocycles. The molecule has 1 aliphatic rings. The van der Waals surface area contributed by atoms with Gasteiger partial charge in [-0.15, -0.1) is 0 Å². The van der Waals surface area contributed by atoms with Gasteiger partial charge in [0.25, 0.3) is 5.91 Å². The number of carbonyl (C=O) groups excluding carboxylic acids is 1. The number of nitrogens with zero attached hydrogens (tertiary/aromatic N) is 3. The monoisotopic (exact) mass is 394 g/mol. The number of hydrogen-bond donors (Lipinski definition) is 1. The van der Waals surface area contributed by atoms with Gasteiger partial charge in [0.1, 0.15) is 0 Å². The maximum absolute atomic E-state index is 12.1. The fourth-order valence-electron chi connectivity index (χ4n) is 3.60. The van der Waals surface area contributed by atoms with Gasteiger partial charge in [0, 0.05) is 44.8 Å². The van der Waals surface area contributed by atoms with E-state index in [1.807, 2.05) is 30.3 Å². The van der Waals surface area contributed by atoms with Crippen LogP contribution in [0, 0.1) is 0 Å². The Labute approximate surface area is 170 Å². The number of rotatable bonds is 6. The van der Waals surface area contributed by atoms with Gasteiger partial charge in [-0.3, -0.25) is 9.69 Å². The van der Waals surface area contributed by atoms with Crippen LogP contribution in [0.1, 0.15) is 22.8 Å². The van der Waals surface area contributed by atoms with Crippen LogP contribution in [0.25, 0.3) is 10.2 Å². The second-order valence-corrected chi connectivity index (χ2v) is 8.07. The number of fused-ring (bicyclic) bond motifs is 1. The molecular formula is C22H26N4OS. The van der Waals surface area contributed by atoms with E-state index in [9.17, 15) is 4.79 Å². The Morgan fingerprint density at radius 1 is 1.07 bits per heavy atom. The molecule has 1 saturated heterocycles. The lowest BCUT2D eigenvalue weighted by Gasteiger charge is -2.34. The first-order valence-corrected chi connectivity index (χ1v) is 10.7. The van der Waals surface area contributed by atoms with Crippen LogP contribution in [0.5, 0.6) is 0 Å². The molecule has 4 rings (SSSR count). The van der Waals surface area contributed by atoms with E-state index >= 15 is 0 Å². The number of aryl methyl sites for hydroxylation is 1. The lowest BCUT2D eigenvalue weighted by atomic mass is 10.1. The van der Waals surface area contributed by atoms with E-state index in [4.69, 9.17) is 4.98 Å². The average molecular weight is 395 g/mol. The number of aromatic nitrogens is 1. The summed E-state index contributed by atoms with van der Waals surface area (Å²) in [7, 11) is 0. The van der Waals surface area contributed by atoms with Crippen LogP contribution in [-0.2, 0) is 6.42 Å². The molecule has 5 nitrogen and oxygen atoms in total. The molecule has 1 aromatic heterocycles. The summed E-state index contributed by atoms with van der Waals surface area (Å²) in [6.07, 6.45) is 1.02. The van der Waals surface area contributed by atoms with Crippen molar-refractivity contribution in [3.05, 3.63) is 59.7 Å². The topological polar surface area (TPSA) is 48.5 Å². The number of benzene rings is 2. The number of anilines is 1. The smallest absolute Gasteiger partial charge is 0.251 e. The van der Waals surface area contributed by atoms with E-state index in [-0.39, 0.29) is 5.91 Å². The van der Waals surface area contributed by atoms with Crippen molar-refractivity contribution in [1.29, 1.82) is 0 Å². The van der Waals surface area contributed by atoms with Crippen molar-refractivity contribution in [2.75, 3.05) is 44.2 Å². The van der Waals surface area contributed by atoms with Crippen LogP contribution >= 0.6 is 11.3 Å². The van der Waals surface area contributed by atoms with Crippen LogP contribution in [0.3, 0.4) is 0 Å². The minimum atomic E-state index is 0.000407. The quantitative estimate of drug-likeness (QED) is 0.696. The Kier molecular flexibility index (Phi) is 5.88. The number of nitrogens with one attached hydrogen (secondary N) is 1. The molecule has 0 radical (unpaired) electrons. The first kappa shape index (κ1) is 18.9. The highest BCUT2D eigenvalue weighted by atomic mass is 32.1.